The summed E-state index contributed by atoms with van der Waals surface area (Å²) in [6.45, 7) is 5.52. The van der Waals surface area contributed by atoms with Crippen LogP contribution in [0.15, 0.2) is 53.4 Å². The monoisotopic (exact) mass is 297 g/mol. The van der Waals surface area contributed by atoms with Gasteiger partial charge in [0.2, 0.25) is 0 Å². The number of hydrogen-bond acceptors (Lipinski definition) is 2. The summed E-state index contributed by atoms with van der Waals surface area (Å²) in [6.07, 6.45) is 1.11. The molecule has 1 aliphatic heterocycles. The van der Waals surface area contributed by atoms with Gasteiger partial charge in [-0.3, -0.25) is 0 Å². The Hall–Kier alpha value is -1.25. The number of aryl methyl sites for hydroxylation is 1. The van der Waals surface area contributed by atoms with E-state index in [4.69, 9.17) is 0 Å². The molecule has 1 heterocycles. The molecule has 0 aliphatic carbocycles. The largest absolute Gasteiger partial charge is 0.310 e. The Labute approximate surface area is 132 Å². The average molecular weight is 297 g/mol. The molecule has 2 heteroatoms. The van der Waals surface area contributed by atoms with Crippen LogP contribution in [0.25, 0.3) is 0 Å². The minimum atomic E-state index is 0.411. The normalized spacial score (nSPS) is 18.5. The minimum Gasteiger partial charge on any atom is -0.310 e. The first-order chi connectivity index (χ1) is 10.3. The second-order valence-corrected chi connectivity index (χ2v) is 6.83. The predicted octanol–water partition coefficient (Wildman–Crippen LogP) is 4.79. The van der Waals surface area contributed by atoms with Gasteiger partial charge in [-0.2, -0.15) is 0 Å². The van der Waals surface area contributed by atoms with Crippen molar-refractivity contribution in [1.29, 1.82) is 0 Å². The zero-order chi connectivity index (χ0) is 14.7. The van der Waals surface area contributed by atoms with E-state index in [0.717, 1.165) is 13.0 Å². The van der Waals surface area contributed by atoms with Crippen LogP contribution in [0.3, 0.4) is 0 Å². The van der Waals surface area contributed by atoms with Crippen molar-refractivity contribution < 1.29 is 0 Å². The van der Waals surface area contributed by atoms with Crippen LogP contribution in [0, 0.1) is 0 Å². The van der Waals surface area contributed by atoms with Crippen molar-refractivity contribution in [2.75, 3.05) is 12.3 Å². The molecule has 0 aromatic heterocycles. The van der Waals surface area contributed by atoms with Gasteiger partial charge in [-0.05, 0) is 36.1 Å². The van der Waals surface area contributed by atoms with Gasteiger partial charge in [-0.15, -0.1) is 11.8 Å². The van der Waals surface area contributed by atoms with E-state index >= 15 is 0 Å². The lowest BCUT2D eigenvalue weighted by molar-refractivity contribution is 0.541. The summed E-state index contributed by atoms with van der Waals surface area (Å²) in [4.78, 5) is 1.46. The number of benzene rings is 2. The van der Waals surface area contributed by atoms with E-state index < -0.39 is 0 Å². The highest BCUT2D eigenvalue weighted by Gasteiger charge is 2.22. The van der Waals surface area contributed by atoms with Crippen LogP contribution in [0.5, 0.6) is 0 Å². The highest BCUT2D eigenvalue weighted by molar-refractivity contribution is 7.99. The van der Waals surface area contributed by atoms with Gasteiger partial charge in [-0.25, -0.2) is 0 Å². The fourth-order valence-electron chi connectivity index (χ4n) is 2.88. The van der Waals surface area contributed by atoms with Crippen molar-refractivity contribution in [2.24, 2.45) is 0 Å². The summed E-state index contributed by atoms with van der Waals surface area (Å²) in [7, 11) is 0. The van der Waals surface area contributed by atoms with Crippen molar-refractivity contribution in [3.8, 4) is 0 Å². The molecule has 21 heavy (non-hydrogen) atoms. The highest BCUT2D eigenvalue weighted by Crippen LogP contribution is 2.39. The molecule has 0 amide bonds. The molecule has 0 spiro atoms. The summed E-state index contributed by atoms with van der Waals surface area (Å²) in [5.74, 6) is 1.84. The van der Waals surface area contributed by atoms with Crippen LogP contribution in [-0.2, 0) is 6.42 Å². The van der Waals surface area contributed by atoms with Crippen LogP contribution >= 0.6 is 11.8 Å². The smallest absolute Gasteiger partial charge is 0.0292 e. The second-order valence-electron chi connectivity index (χ2n) is 5.77. The van der Waals surface area contributed by atoms with Crippen molar-refractivity contribution in [2.45, 2.75) is 37.1 Å². The van der Waals surface area contributed by atoms with Crippen LogP contribution in [0.4, 0.5) is 0 Å². The number of hydrogen-bond donors (Lipinski definition) is 1. The summed E-state index contributed by atoms with van der Waals surface area (Å²) >= 11 is 1.99. The molecular weight excluding hydrogens is 274 g/mol. The Morgan fingerprint density at radius 1 is 1.14 bits per heavy atom. The van der Waals surface area contributed by atoms with Gasteiger partial charge in [0.25, 0.3) is 0 Å². The van der Waals surface area contributed by atoms with Crippen LogP contribution in [-0.4, -0.2) is 12.3 Å². The van der Waals surface area contributed by atoms with Crippen molar-refractivity contribution in [3.63, 3.8) is 0 Å². The molecule has 1 N–H and O–H groups in total. The Balaban J connectivity index is 1.60. The molecule has 0 saturated heterocycles. The maximum absolute atomic E-state index is 3.71. The van der Waals surface area contributed by atoms with Gasteiger partial charge in [0.1, 0.15) is 0 Å². The molecule has 2 atom stereocenters. The lowest BCUT2D eigenvalue weighted by atomic mass is 10.00. The van der Waals surface area contributed by atoms with Crippen LogP contribution in [0.2, 0.25) is 0 Å². The lowest BCUT2D eigenvalue weighted by Gasteiger charge is -2.18. The molecule has 3 rings (SSSR count). The molecular formula is C19H23NS. The zero-order valence-electron chi connectivity index (χ0n) is 12.8. The molecule has 0 fully saturated rings. The van der Waals surface area contributed by atoms with E-state index in [9.17, 15) is 0 Å². The van der Waals surface area contributed by atoms with Crippen LogP contribution < -0.4 is 5.32 Å². The number of fused-ring (bicyclic) bond motifs is 1. The molecule has 1 aliphatic rings. The summed E-state index contributed by atoms with van der Waals surface area (Å²) in [6, 6.07) is 18.2. The van der Waals surface area contributed by atoms with E-state index in [2.05, 4.69) is 67.7 Å². The van der Waals surface area contributed by atoms with E-state index in [-0.39, 0.29) is 0 Å². The SMILES string of the molecule is CCc1ccc(C(C)NCC2CSc3ccccc32)cc1. The number of nitrogens with one attached hydrogen (secondary N) is 1. The first kappa shape index (κ1) is 14.7. The molecule has 0 radical (unpaired) electrons. The van der Waals surface area contributed by atoms with Gasteiger partial charge in [0.15, 0.2) is 0 Å². The third-order valence-electron chi connectivity index (χ3n) is 4.36. The Morgan fingerprint density at radius 3 is 2.67 bits per heavy atom. The fraction of sp³-hybridized carbons (Fsp3) is 0.368. The van der Waals surface area contributed by atoms with Crippen LogP contribution in [0.1, 0.15) is 42.5 Å². The van der Waals surface area contributed by atoms with E-state index in [0.29, 0.717) is 12.0 Å². The number of thioether (sulfide) groups is 1. The van der Waals surface area contributed by atoms with Crippen molar-refractivity contribution in [3.05, 3.63) is 65.2 Å². The Morgan fingerprint density at radius 2 is 1.90 bits per heavy atom. The Bertz CT molecular complexity index is 591. The number of rotatable bonds is 5. The first-order valence-corrected chi connectivity index (χ1v) is 8.80. The molecule has 110 valence electrons. The molecule has 2 aromatic rings. The van der Waals surface area contributed by atoms with Gasteiger partial charge in [-0.1, -0.05) is 49.4 Å². The summed E-state index contributed by atoms with van der Waals surface area (Å²) in [5, 5.41) is 3.71. The maximum Gasteiger partial charge on any atom is 0.0292 e. The first-order valence-electron chi connectivity index (χ1n) is 7.82. The summed E-state index contributed by atoms with van der Waals surface area (Å²) < 4.78 is 0. The topological polar surface area (TPSA) is 12.0 Å². The van der Waals surface area contributed by atoms with Gasteiger partial charge in [0, 0.05) is 29.2 Å². The minimum absolute atomic E-state index is 0.411. The quantitative estimate of drug-likeness (QED) is 0.851. The van der Waals surface area contributed by atoms with E-state index in [1.807, 2.05) is 11.8 Å². The molecule has 2 unspecified atom stereocenters. The fourth-order valence-corrected chi connectivity index (χ4v) is 4.13. The third-order valence-corrected chi connectivity index (χ3v) is 5.61. The maximum atomic E-state index is 3.71. The second kappa shape index (κ2) is 6.67. The van der Waals surface area contributed by atoms with Gasteiger partial charge >= 0.3 is 0 Å². The van der Waals surface area contributed by atoms with Gasteiger partial charge in [0.05, 0.1) is 0 Å². The summed E-state index contributed by atoms with van der Waals surface area (Å²) in [5.41, 5.74) is 4.31. The standard InChI is InChI=1S/C19H23NS/c1-3-15-8-10-16(11-9-15)14(2)20-12-17-13-21-19-7-5-4-6-18(17)19/h4-11,14,17,20H,3,12-13H2,1-2H3. The third kappa shape index (κ3) is 3.33. The Kier molecular flexibility index (Phi) is 4.67. The predicted molar refractivity (Wildman–Crippen MR) is 92.1 cm³/mol. The average Bonchev–Trinajstić information content (AvgIpc) is 2.96. The highest BCUT2D eigenvalue weighted by atomic mass is 32.2. The van der Waals surface area contributed by atoms with Gasteiger partial charge < -0.3 is 5.32 Å². The lowest BCUT2D eigenvalue weighted by Crippen LogP contribution is -2.24. The zero-order valence-corrected chi connectivity index (χ0v) is 13.6. The molecule has 0 bridgehead atoms. The van der Waals surface area contributed by atoms with Crippen molar-refractivity contribution >= 4 is 11.8 Å². The molecule has 0 saturated carbocycles. The molecule has 2 aromatic carbocycles. The van der Waals surface area contributed by atoms with E-state index in [1.54, 1.807) is 0 Å². The van der Waals surface area contributed by atoms with E-state index in [1.165, 1.54) is 27.3 Å². The molecule has 1 nitrogen and oxygen atoms in total. The van der Waals surface area contributed by atoms with Crippen molar-refractivity contribution in [1.82, 2.24) is 5.32 Å².